The van der Waals surface area contributed by atoms with Crippen LogP contribution in [-0.2, 0) is 21.4 Å². The van der Waals surface area contributed by atoms with Gasteiger partial charge in [-0.15, -0.1) is 0 Å². The van der Waals surface area contributed by atoms with Gasteiger partial charge in [-0.3, -0.25) is 9.10 Å². The fourth-order valence-corrected chi connectivity index (χ4v) is 5.06. The van der Waals surface area contributed by atoms with Gasteiger partial charge in [-0.1, -0.05) is 24.3 Å². The van der Waals surface area contributed by atoms with Crippen LogP contribution in [0.1, 0.15) is 12.6 Å². The summed E-state index contributed by atoms with van der Waals surface area (Å²) in [4.78, 5) is 16.8. The van der Waals surface area contributed by atoms with E-state index in [1.54, 1.807) is 47.0 Å². The Labute approximate surface area is 161 Å². The van der Waals surface area contributed by atoms with Crippen molar-refractivity contribution >= 4 is 38.4 Å². The van der Waals surface area contributed by atoms with E-state index in [0.717, 1.165) is 4.31 Å². The molecule has 2 N–H and O–H groups in total. The van der Waals surface area contributed by atoms with Crippen LogP contribution in [0.3, 0.4) is 0 Å². The zero-order chi connectivity index (χ0) is 20.1. The van der Waals surface area contributed by atoms with Gasteiger partial charge in [0.1, 0.15) is 16.4 Å². The van der Waals surface area contributed by atoms with Gasteiger partial charge in [-0.25, -0.2) is 13.4 Å². The summed E-state index contributed by atoms with van der Waals surface area (Å²) >= 11 is 0. The van der Waals surface area contributed by atoms with E-state index in [1.165, 1.54) is 13.2 Å². The topological polar surface area (TPSA) is 105 Å². The maximum absolute atomic E-state index is 13.2. The molecule has 1 aliphatic rings. The number of hydrogen-bond donors (Lipinski definition) is 2. The van der Waals surface area contributed by atoms with Crippen LogP contribution in [0.4, 0.5) is 5.82 Å². The van der Waals surface area contributed by atoms with E-state index in [1.807, 2.05) is 6.92 Å². The first kappa shape index (κ1) is 18.1. The first-order chi connectivity index (χ1) is 13.4. The molecule has 8 nitrogen and oxygen atoms in total. The minimum atomic E-state index is -4.04. The van der Waals surface area contributed by atoms with Crippen molar-refractivity contribution in [3.05, 3.63) is 60.1 Å². The molecule has 0 spiro atoms. The Kier molecular flexibility index (Phi) is 4.11. The number of likely N-dealkylation sites (N-methyl/N-ethyl adjacent to an activating group) is 1. The summed E-state index contributed by atoms with van der Waals surface area (Å²) in [7, 11) is -2.79. The van der Waals surface area contributed by atoms with Crippen LogP contribution < -0.4 is 5.32 Å². The van der Waals surface area contributed by atoms with Gasteiger partial charge in [0.05, 0.1) is 0 Å². The number of benzene rings is 1. The second kappa shape index (κ2) is 6.38. The number of aryl methyl sites for hydroxylation is 1. The standard InChI is InChI=1S/C19H18N4O4S/c1-3-23-13-9-5-4-8-12(13)18-15(23)17(24)16(22(2)28(18,26)27)19(25)21-14-10-6-7-11-20-14/h4-11,24H,3H2,1-2H3,(H,20,21,25). The summed E-state index contributed by atoms with van der Waals surface area (Å²) in [6, 6.07) is 12.0. The first-order valence-corrected chi connectivity index (χ1v) is 10.1. The normalized spacial score (nSPS) is 15.6. The van der Waals surface area contributed by atoms with Crippen molar-refractivity contribution in [2.45, 2.75) is 18.4 Å². The molecule has 2 aromatic heterocycles. The highest BCUT2D eigenvalue weighted by atomic mass is 32.2. The highest BCUT2D eigenvalue weighted by Gasteiger charge is 2.42. The van der Waals surface area contributed by atoms with Gasteiger partial charge in [0.2, 0.25) is 0 Å². The minimum Gasteiger partial charge on any atom is -0.504 e. The molecule has 0 saturated carbocycles. The molecule has 1 amide bonds. The molecule has 0 atom stereocenters. The van der Waals surface area contributed by atoms with Gasteiger partial charge in [-0.05, 0) is 25.1 Å². The Hall–Kier alpha value is -3.33. The molecule has 3 heterocycles. The molecule has 9 heteroatoms. The number of aliphatic hydroxyl groups excluding tert-OH is 1. The van der Waals surface area contributed by atoms with Gasteiger partial charge >= 0.3 is 0 Å². The molecule has 0 saturated heterocycles. The van der Waals surface area contributed by atoms with E-state index in [-0.39, 0.29) is 27.9 Å². The summed E-state index contributed by atoms with van der Waals surface area (Å²) in [6.45, 7) is 2.27. The summed E-state index contributed by atoms with van der Waals surface area (Å²) in [5.41, 5.74) is 0.438. The predicted octanol–water partition coefficient (Wildman–Crippen LogP) is 2.56. The Balaban J connectivity index is 1.97. The Morgan fingerprint density at radius 3 is 2.57 bits per heavy atom. The van der Waals surface area contributed by atoms with E-state index >= 15 is 0 Å². The number of aromatic nitrogens is 2. The average molecular weight is 398 g/mol. The number of sulfonamides is 1. The van der Waals surface area contributed by atoms with Crippen molar-refractivity contribution in [1.29, 1.82) is 0 Å². The third-order valence-electron chi connectivity index (χ3n) is 4.74. The molecule has 144 valence electrons. The summed E-state index contributed by atoms with van der Waals surface area (Å²) < 4.78 is 29.0. The van der Waals surface area contributed by atoms with Gasteiger partial charge in [0, 0.05) is 30.7 Å². The lowest BCUT2D eigenvalue weighted by Gasteiger charge is -2.27. The Bertz CT molecular complexity index is 1230. The predicted molar refractivity (Wildman–Crippen MR) is 105 cm³/mol. The van der Waals surface area contributed by atoms with E-state index in [9.17, 15) is 18.3 Å². The van der Waals surface area contributed by atoms with Crippen molar-refractivity contribution in [3.63, 3.8) is 0 Å². The number of hydrogen-bond acceptors (Lipinski definition) is 5. The largest absolute Gasteiger partial charge is 0.504 e. The number of rotatable bonds is 3. The van der Waals surface area contributed by atoms with Crippen LogP contribution in [0.25, 0.3) is 16.7 Å². The number of nitrogens with zero attached hydrogens (tertiary/aromatic N) is 3. The highest BCUT2D eigenvalue weighted by molar-refractivity contribution is 7.89. The zero-order valence-electron chi connectivity index (χ0n) is 15.2. The van der Waals surface area contributed by atoms with Crippen LogP contribution in [0.2, 0.25) is 0 Å². The van der Waals surface area contributed by atoms with Crippen LogP contribution in [0.15, 0.2) is 59.3 Å². The van der Waals surface area contributed by atoms with Gasteiger partial charge in [0.15, 0.2) is 11.5 Å². The van der Waals surface area contributed by atoms with Crippen molar-refractivity contribution in [1.82, 2.24) is 13.9 Å². The van der Waals surface area contributed by atoms with Gasteiger partial charge in [-0.2, -0.15) is 0 Å². The number of nitrogens with one attached hydrogen (secondary N) is 1. The maximum atomic E-state index is 13.2. The number of carbonyl (C=O) groups excluding carboxylic acids is 1. The molecule has 4 rings (SSSR count). The molecular weight excluding hydrogens is 380 g/mol. The molecule has 0 fully saturated rings. The van der Waals surface area contributed by atoms with Crippen molar-refractivity contribution in [2.24, 2.45) is 0 Å². The number of pyridine rings is 1. The lowest BCUT2D eigenvalue weighted by atomic mass is 10.2. The van der Waals surface area contributed by atoms with Crippen LogP contribution >= 0.6 is 0 Å². The first-order valence-electron chi connectivity index (χ1n) is 8.64. The molecule has 0 bridgehead atoms. The molecule has 1 aromatic carbocycles. The number of anilines is 1. The monoisotopic (exact) mass is 398 g/mol. The number of amides is 1. The maximum Gasteiger partial charge on any atom is 0.278 e. The molecule has 3 aromatic rings. The molecule has 28 heavy (non-hydrogen) atoms. The lowest BCUT2D eigenvalue weighted by Crippen LogP contribution is -2.37. The number of carbonyl (C=O) groups is 1. The SMILES string of the molecule is CCn1c2c(c3ccccc31)S(=O)(=O)N(C)C(C(=O)Nc1ccccn1)=C2O. The lowest BCUT2D eigenvalue weighted by molar-refractivity contribution is -0.113. The second-order valence-electron chi connectivity index (χ2n) is 6.28. The molecule has 0 unspecified atom stereocenters. The highest BCUT2D eigenvalue weighted by Crippen LogP contribution is 2.41. The molecular formula is C19H18N4O4S. The van der Waals surface area contributed by atoms with Crippen molar-refractivity contribution in [2.75, 3.05) is 12.4 Å². The Morgan fingerprint density at radius 2 is 1.89 bits per heavy atom. The molecule has 0 aliphatic carbocycles. The third kappa shape index (κ3) is 2.47. The second-order valence-corrected chi connectivity index (χ2v) is 8.18. The van der Waals surface area contributed by atoms with Gasteiger partial charge in [0.25, 0.3) is 15.9 Å². The van der Waals surface area contributed by atoms with E-state index in [0.29, 0.717) is 17.4 Å². The fourth-order valence-electron chi connectivity index (χ4n) is 3.48. The van der Waals surface area contributed by atoms with Crippen molar-refractivity contribution < 1.29 is 18.3 Å². The third-order valence-corrected chi connectivity index (χ3v) is 6.58. The Morgan fingerprint density at radius 1 is 1.18 bits per heavy atom. The van der Waals surface area contributed by atoms with Gasteiger partial charge < -0.3 is 15.0 Å². The summed E-state index contributed by atoms with van der Waals surface area (Å²) in [6.07, 6.45) is 1.50. The molecule has 0 radical (unpaired) electrons. The zero-order valence-corrected chi connectivity index (χ0v) is 16.1. The average Bonchev–Trinajstić information content (AvgIpc) is 3.03. The summed E-state index contributed by atoms with van der Waals surface area (Å²) in [5, 5.41) is 14.0. The number of fused-ring (bicyclic) bond motifs is 3. The van der Waals surface area contributed by atoms with Crippen LogP contribution in [-0.4, -0.2) is 40.3 Å². The quantitative estimate of drug-likeness (QED) is 0.706. The smallest absolute Gasteiger partial charge is 0.278 e. The van der Waals surface area contributed by atoms with E-state index < -0.39 is 15.9 Å². The number of para-hydroxylation sites is 1. The van der Waals surface area contributed by atoms with Crippen LogP contribution in [0.5, 0.6) is 0 Å². The summed E-state index contributed by atoms with van der Waals surface area (Å²) in [5.74, 6) is -0.903. The number of aliphatic hydroxyl groups is 1. The fraction of sp³-hybridized carbons (Fsp3) is 0.158. The van der Waals surface area contributed by atoms with E-state index in [4.69, 9.17) is 0 Å². The van der Waals surface area contributed by atoms with Crippen molar-refractivity contribution in [3.8, 4) is 0 Å². The minimum absolute atomic E-state index is 0.000615. The van der Waals surface area contributed by atoms with E-state index in [2.05, 4.69) is 10.3 Å². The van der Waals surface area contributed by atoms with Crippen LogP contribution in [0, 0.1) is 0 Å². The molecule has 1 aliphatic heterocycles.